The molecule has 2 saturated heterocycles. The highest BCUT2D eigenvalue weighted by Gasteiger charge is 2.55. The lowest BCUT2D eigenvalue weighted by Gasteiger charge is -2.25. The van der Waals surface area contributed by atoms with Crippen LogP contribution in [0.2, 0.25) is 0 Å². The van der Waals surface area contributed by atoms with E-state index in [0.29, 0.717) is 51.0 Å². The molecule has 3 aliphatic rings. The molecule has 1 aliphatic carbocycles. The van der Waals surface area contributed by atoms with E-state index in [1.807, 2.05) is 4.90 Å². The summed E-state index contributed by atoms with van der Waals surface area (Å²) in [5.74, 6) is 1.45. The highest BCUT2D eigenvalue weighted by atomic mass is 16.5. The largest absolute Gasteiger partial charge is 0.380 e. The summed E-state index contributed by atoms with van der Waals surface area (Å²) in [6, 6.07) is 0. The third kappa shape index (κ3) is 3.70. The Morgan fingerprint density at radius 1 is 1.33 bits per heavy atom. The monoisotopic (exact) mass is 377 g/mol. The zero-order valence-electron chi connectivity index (χ0n) is 15.5. The molecule has 2 aliphatic heterocycles. The van der Waals surface area contributed by atoms with Crippen molar-refractivity contribution < 1.29 is 18.8 Å². The molecule has 0 spiro atoms. The van der Waals surface area contributed by atoms with E-state index >= 15 is 0 Å². The first-order valence-corrected chi connectivity index (χ1v) is 9.76. The smallest absolute Gasteiger partial charge is 0.231 e. The van der Waals surface area contributed by atoms with Gasteiger partial charge in [0, 0.05) is 37.9 Å². The van der Waals surface area contributed by atoms with E-state index in [-0.39, 0.29) is 24.3 Å². The second kappa shape index (κ2) is 7.55. The molecular weight excluding hydrogens is 350 g/mol. The fraction of sp³-hybridized carbons (Fsp3) is 0.778. The van der Waals surface area contributed by atoms with Crippen molar-refractivity contribution in [2.24, 2.45) is 17.1 Å². The van der Waals surface area contributed by atoms with Crippen LogP contribution in [-0.4, -0.2) is 66.2 Å². The van der Waals surface area contributed by atoms with E-state index in [1.165, 1.54) is 12.8 Å². The van der Waals surface area contributed by atoms with E-state index in [1.54, 1.807) is 0 Å². The van der Waals surface area contributed by atoms with Crippen molar-refractivity contribution in [3.05, 3.63) is 11.7 Å². The third-order valence-corrected chi connectivity index (χ3v) is 6.10. The number of carbonyl (C=O) groups excluding carboxylic acids is 2. The first-order chi connectivity index (χ1) is 13.1. The van der Waals surface area contributed by atoms with Crippen molar-refractivity contribution in [1.82, 2.24) is 20.4 Å². The number of nitrogens with zero attached hydrogens (tertiary/aromatic N) is 3. The number of amides is 2. The van der Waals surface area contributed by atoms with Gasteiger partial charge in [0.2, 0.25) is 17.7 Å². The van der Waals surface area contributed by atoms with Gasteiger partial charge >= 0.3 is 0 Å². The number of nitrogens with two attached hydrogens (primary N) is 1. The Kier molecular flexibility index (Phi) is 5.14. The molecule has 0 bridgehead atoms. The molecule has 9 heteroatoms. The van der Waals surface area contributed by atoms with Crippen molar-refractivity contribution in [3.8, 4) is 0 Å². The van der Waals surface area contributed by atoms with Gasteiger partial charge in [-0.25, -0.2) is 0 Å². The van der Waals surface area contributed by atoms with Gasteiger partial charge in [-0.15, -0.1) is 0 Å². The first-order valence-electron chi connectivity index (χ1n) is 9.76. The Bertz CT molecular complexity index is 702. The second-order valence-electron chi connectivity index (χ2n) is 8.04. The average Bonchev–Trinajstić information content (AvgIpc) is 3.37. The SMILES string of the molecule is NC(=O)CN1C[C@@H]2COC[C@]2(C(=O)NCCc2noc(C3CCCC3)n2)C1. The summed E-state index contributed by atoms with van der Waals surface area (Å²) in [4.78, 5) is 30.5. The molecule has 27 heavy (non-hydrogen) atoms. The van der Waals surface area contributed by atoms with Crippen LogP contribution in [0.15, 0.2) is 4.52 Å². The number of hydrogen-bond donors (Lipinski definition) is 2. The van der Waals surface area contributed by atoms with Crippen LogP contribution in [0.4, 0.5) is 0 Å². The lowest BCUT2D eigenvalue weighted by atomic mass is 9.80. The molecule has 3 N–H and O–H groups in total. The van der Waals surface area contributed by atoms with Crippen molar-refractivity contribution >= 4 is 11.8 Å². The highest BCUT2D eigenvalue weighted by molar-refractivity contribution is 5.84. The van der Waals surface area contributed by atoms with Crippen LogP contribution in [0.25, 0.3) is 0 Å². The number of primary amides is 1. The van der Waals surface area contributed by atoms with Crippen LogP contribution in [-0.2, 0) is 20.7 Å². The van der Waals surface area contributed by atoms with E-state index in [4.69, 9.17) is 15.0 Å². The minimum atomic E-state index is -0.596. The van der Waals surface area contributed by atoms with Gasteiger partial charge in [-0.05, 0) is 12.8 Å². The van der Waals surface area contributed by atoms with Gasteiger partial charge in [-0.1, -0.05) is 18.0 Å². The van der Waals surface area contributed by atoms with Crippen molar-refractivity contribution in [1.29, 1.82) is 0 Å². The minimum absolute atomic E-state index is 0.0310. The van der Waals surface area contributed by atoms with Crippen LogP contribution in [0.1, 0.15) is 43.3 Å². The number of likely N-dealkylation sites (tertiary alicyclic amines) is 1. The number of aromatic nitrogens is 2. The molecule has 0 radical (unpaired) electrons. The maximum absolute atomic E-state index is 12.9. The maximum atomic E-state index is 12.9. The van der Waals surface area contributed by atoms with Crippen LogP contribution >= 0.6 is 0 Å². The summed E-state index contributed by atoms with van der Waals surface area (Å²) in [5.41, 5.74) is 4.70. The number of ether oxygens (including phenoxy) is 1. The molecule has 2 amide bonds. The quantitative estimate of drug-likeness (QED) is 0.675. The van der Waals surface area contributed by atoms with Gasteiger partial charge in [0.1, 0.15) is 0 Å². The molecular formula is C18H27N5O4. The molecule has 3 heterocycles. The molecule has 0 unspecified atom stereocenters. The Morgan fingerprint density at radius 3 is 2.93 bits per heavy atom. The fourth-order valence-corrected chi connectivity index (χ4v) is 4.67. The maximum Gasteiger partial charge on any atom is 0.231 e. The van der Waals surface area contributed by atoms with Gasteiger partial charge in [0.05, 0.1) is 25.2 Å². The van der Waals surface area contributed by atoms with E-state index < -0.39 is 5.41 Å². The molecule has 1 saturated carbocycles. The number of nitrogens with one attached hydrogen (secondary N) is 1. The van der Waals surface area contributed by atoms with Gasteiger partial charge in [0.15, 0.2) is 5.82 Å². The first kappa shape index (κ1) is 18.4. The van der Waals surface area contributed by atoms with E-state index in [9.17, 15) is 9.59 Å². The second-order valence-corrected chi connectivity index (χ2v) is 8.04. The summed E-state index contributed by atoms with van der Waals surface area (Å²) in [6.07, 6.45) is 5.20. The van der Waals surface area contributed by atoms with Gasteiger partial charge in [0.25, 0.3) is 0 Å². The highest BCUT2D eigenvalue weighted by Crippen LogP contribution is 2.41. The van der Waals surface area contributed by atoms with Crippen molar-refractivity contribution in [3.63, 3.8) is 0 Å². The molecule has 1 aromatic heterocycles. The molecule has 3 fully saturated rings. The molecule has 0 aromatic carbocycles. The Balaban J connectivity index is 1.30. The van der Waals surface area contributed by atoms with Crippen LogP contribution < -0.4 is 11.1 Å². The molecule has 1 aromatic rings. The summed E-state index contributed by atoms with van der Waals surface area (Å²) < 4.78 is 11.0. The van der Waals surface area contributed by atoms with E-state index in [2.05, 4.69) is 15.5 Å². The van der Waals surface area contributed by atoms with Crippen molar-refractivity contribution in [2.45, 2.75) is 38.0 Å². The average molecular weight is 377 g/mol. The number of rotatable bonds is 7. The zero-order valence-corrected chi connectivity index (χ0v) is 15.5. The summed E-state index contributed by atoms with van der Waals surface area (Å²) in [7, 11) is 0. The Hall–Kier alpha value is -2.00. The normalized spacial score (nSPS) is 28.5. The lowest BCUT2D eigenvalue weighted by Crippen LogP contribution is -2.47. The van der Waals surface area contributed by atoms with Gasteiger partial charge in [-0.3, -0.25) is 14.5 Å². The molecule has 2 atom stereocenters. The van der Waals surface area contributed by atoms with Crippen LogP contribution in [0.5, 0.6) is 0 Å². The molecule has 9 nitrogen and oxygen atoms in total. The predicted octanol–water partition coefficient (Wildman–Crippen LogP) is -0.180. The minimum Gasteiger partial charge on any atom is -0.380 e. The number of fused-ring (bicyclic) bond motifs is 1. The lowest BCUT2D eigenvalue weighted by molar-refractivity contribution is -0.132. The predicted molar refractivity (Wildman–Crippen MR) is 94.6 cm³/mol. The summed E-state index contributed by atoms with van der Waals surface area (Å²) in [6.45, 7) is 2.71. The van der Waals surface area contributed by atoms with Crippen LogP contribution in [0.3, 0.4) is 0 Å². The zero-order chi connectivity index (χ0) is 18.9. The summed E-state index contributed by atoms with van der Waals surface area (Å²) in [5, 5.41) is 7.05. The Labute approximate surface area is 158 Å². The van der Waals surface area contributed by atoms with E-state index in [0.717, 1.165) is 18.7 Å². The Morgan fingerprint density at radius 2 is 2.15 bits per heavy atom. The standard InChI is InChI=1S/C18H27N5O4/c19-14(24)8-23-7-13-9-26-11-18(13,10-23)17(25)20-6-5-15-21-16(27-22-15)12-3-1-2-4-12/h12-13H,1-11H2,(H2,19,24)(H,20,25)/t13-,18-/m1/s1. The van der Waals surface area contributed by atoms with Gasteiger partial charge in [-0.2, -0.15) is 4.98 Å². The van der Waals surface area contributed by atoms with Crippen LogP contribution in [0, 0.1) is 11.3 Å². The number of hydrogen-bond acceptors (Lipinski definition) is 7. The number of carbonyl (C=O) groups is 2. The molecule has 4 rings (SSSR count). The summed E-state index contributed by atoms with van der Waals surface area (Å²) >= 11 is 0. The fourth-order valence-electron chi connectivity index (χ4n) is 4.67. The third-order valence-electron chi connectivity index (χ3n) is 6.10. The van der Waals surface area contributed by atoms with Gasteiger partial charge < -0.3 is 20.3 Å². The van der Waals surface area contributed by atoms with Crippen molar-refractivity contribution in [2.75, 3.05) is 39.4 Å². The topological polar surface area (TPSA) is 124 Å². The molecule has 148 valence electrons.